The molecule has 1 N–H and O–H groups in total. The lowest BCUT2D eigenvalue weighted by Gasteiger charge is -2.04. The number of nitrogens with one attached hydrogen (secondary N) is 1. The van der Waals surface area contributed by atoms with Crippen molar-refractivity contribution in [3.05, 3.63) is 18.2 Å². The van der Waals surface area contributed by atoms with E-state index in [0.717, 1.165) is 12.2 Å². The zero-order chi connectivity index (χ0) is 10.2. The van der Waals surface area contributed by atoms with Crippen LogP contribution >= 0.6 is 0 Å². The van der Waals surface area contributed by atoms with E-state index in [-0.39, 0.29) is 11.5 Å². The second-order valence-electron chi connectivity index (χ2n) is 2.86. The lowest BCUT2D eigenvalue weighted by molar-refractivity contribution is -0.286. The number of ether oxygens (including phenoxy) is 2. The third kappa shape index (κ3) is 1.57. The molecule has 0 amide bonds. The minimum absolute atomic E-state index is 0.0634. The van der Waals surface area contributed by atoms with E-state index in [1.165, 1.54) is 12.1 Å². The summed E-state index contributed by atoms with van der Waals surface area (Å²) in [4.78, 5) is 0. The standard InChI is InChI=1S/C9H9F2NO2/c1-2-12-6-3-4-7-8(5-6)14-9(10,11)13-7/h3-5,12H,2H2,1H3. The molecule has 0 radical (unpaired) electrons. The maximum absolute atomic E-state index is 12.6. The SMILES string of the molecule is CCNc1ccc2c(c1)OC(F)(F)O2. The minimum Gasteiger partial charge on any atom is -0.395 e. The van der Waals surface area contributed by atoms with Gasteiger partial charge >= 0.3 is 6.29 Å². The van der Waals surface area contributed by atoms with E-state index < -0.39 is 6.29 Å². The van der Waals surface area contributed by atoms with E-state index in [9.17, 15) is 8.78 Å². The molecule has 0 bridgehead atoms. The Morgan fingerprint density at radius 2 is 2.00 bits per heavy atom. The van der Waals surface area contributed by atoms with Gasteiger partial charge in [0.05, 0.1) is 0 Å². The van der Waals surface area contributed by atoms with E-state index in [0.29, 0.717) is 0 Å². The van der Waals surface area contributed by atoms with Crippen molar-refractivity contribution in [1.82, 2.24) is 0 Å². The summed E-state index contributed by atoms with van der Waals surface area (Å²) >= 11 is 0. The first kappa shape index (κ1) is 9.05. The Kier molecular flexibility index (Phi) is 1.94. The van der Waals surface area contributed by atoms with Gasteiger partial charge in [0.2, 0.25) is 0 Å². The molecule has 1 aliphatic rings. The topological polar surface area (TPSA) is 30.5 Å². The average Bonchev–Trinajstić information content (AvgIpc) is 2.38. The van der Waals surface area contributed by atoms with Crippen molar-refractivity contribution in [3.8, 4) is 11.5 Å². The van der Waals surface area contributed by atoms with Gasteiger partial charge in [-0.2, -0.15) is 0 Å². The molecule has 76 valence electrons. The molecule has 0 aliphatic carbocycles. The fraction of sp³-hybridized carbons (Fsp3) is 0.333. The van der Waals surface area contributed by atoms with Gasteiger partial charge in [-0.25, -0.2) is 0 Å². The smallest absolute Gasteiger partial charge is 0.395 e. The highest BCUT2D eigenvalue weighted by Gasteiger charge is 2.43. The summed E-state index contributed by atoms with van der Waals surface area (Å²) in [5, 5.41) is 2.98. The first-order valence-electron chi connectivity index (χ1n) is 4.24. The second-order valence-corrected chi connectivity index (χ2v) is 2.86. The molecule has 3 nitrogen and oxygen atoms in total. The highest BCUT2D eigenvalue weighted by molar-refractivity contribution is 5.55. The van der Waals surface area contributed by atoms with Crippen molar-refractivity contribution in [2.45, 2.75) is 13.2 Å². The molecule has 2 rings (SSSR count). The molecule has 0 unspecified atom stereocenters. The summed E-state index contributed by atoms with van der Waals surface area (Å²) in [5.41, 5.74) is 0.729. The van der Waals surface area contributed by atoms with Gasteiger partial charge in [-0.3, -0.25) is 0 Å². The molecule has 0 spiro atoms. The Hall–Kier alpha value is -1.52. The molecule has 1 aliphatic heterocycles. The van der Waals surface area contributed by atoms with E-state index in [2.05, 4.69) is 14.8 Å². The number of rotatable bonds is 2. The van der Waals surface area contributed by atoms with Gasteiger partial charge < -0.3 is 14.8 Å². The molecule has 0 fully saturated rings. The summed E-state index contributed by atoms with van der Waals surface area (Å²) in [7, 11) is 0. The summed E-state index contributed by atoms with van der Waals surface area (Å²) < 4.78 is 33.7. The number of alkyl halides is 2. The van der Waals surface area contributed by atoms with Gasteiger partial charge in [0.25, 0.3) is 0 Å². The van der Waals surface area contributed by atoms with Crippen LogP contribution in [0.4, 0.5) is 14.5 Å². The quantitative estimate of drug-likeness (QED) is 0.797. The monoisotopic (exact) mass is 201 g/mol. The Morgan fingerprint density at radius 1 is 1.29 bits per heavy atom. The highest BCUT2D eigenvalue weighted by atomic mass is 19.3. The Labute approximate surface area is 79.6 Å². The van der Waals surface area contributed by atoms with Gasteiger partial charge in [-0.15, -0.1) is 8.78 Å². The second kappa shape index (κ2) is 3.01. The number of hydrogen-bond donors (Lipinski definition) is 1. The van der Waals surface area contributed by atoms with Crippen LogP contribution in [0.15, 0.2) is 18.2 Å². The Bertz CT molecular complexity index is 355. The fourth-order valence-electron chi connectivity index (χ4n) is 1.26. The normalized spacial score (nSPS) is 16.8. The molecule has 1 aromatic carbocycles. The number of halogens is 2. The average molecular weight is 201 g/mol. The van der Waals surface area contributed by atoms with Gasteiger partial charge in [-0.05, 0) is 19.1 Å². The molecule has 0 saturated carbocycles. The van der Waals surface area contributed by atoms with Crippen LogP contribution in [0, 0.1) is 0 Å². The molecule has 0 atom stereocenters. The van der Waals surface area contributed by atoms with Crippen molar-refractivity contribution in [2.75, 3.05) is 11.9 Å². The van der Waals surface area contributed by atoms with Gasteiger partial charge in [0.15, 0.2) is 11.5 Å². The summed E-state index contributed by atoms with van der Waals surface area (Å²) in [6, 6.07) is 4.60. The van der Waals surface area contributed by atoms with Crippen LogP contribution in [-0.2, 0) is 0 Å². The van der Waals surface area contributed by atoms with Gasteiger partial charge in [0.1, 0.15) is 0 Å². The van der Waals surface area contributed by atoms with E-state index in [1.54, 1.807) is 6.07 Å². The summed E-state index contributed by atoms with van der Waals surface area (Å²) in [5.74, 6) is 0.130. The van der Waals surface area contributed by atoms with Crippen LogP contribution in [0.1, 0.15) is 6.92 Å². The molecule has 0 saturated heterocycles. The van der Waals surface area contributed by atoms with Crippen molar-refractivity contribution in [1.29, 1.82) is 0 Å². The molecule has 5 heteroatoms. The summed E-state index contributed by atoms with van der Waals surface area (Å²) in [6.07, 6.45) is -3.53. The van der Waals surface area contributed by atoms with E-state index in [1.807, 2.05) is 6.92 Å². The first-order valence-corrected chi connectivity index (χ1v) is 4.24. The molecule has 1 heterocycles. The largest absolute Gasteiger partial charge is 0.586 e. The van der Waals surface area contributed by atoms with Crippen LogP contribution in [0.3, 0.4) is 0 Å². The van der Waals surface area contributed by atoms with Crippen LogP contribution < -0.4 is 14.8 Å². The van der Waals surface area contributed by atoms with Crippen LogP contribution in [0.2, 0.25) is 0 Å². The lowest BCUT2D eigenvalue weighted by Crippen LogP contribution is -2.25. The zero-order valence-corrected chi connectivity index (χ0v) is 7.51. The van der Waals surface area contributed by atoms with Gasteiger partial charge in [0, 0.05) is 18.3 Å². The maximum Gasteiger partial charge on any atom is 0.586 e. The van der Waals surface area contributed by atoms with Crippen LogP contribution in [0.5, 0.6) is 11.5 Å². The van der Waals surface area contributed by atoms with E-state index >= 15 is 0 Å². The predicted octanol–water partition coefficient (Wildman–Crippen LogP) is 2.44. The zero-order valence-electron chi connectivity index (χ0n) is 7.51. The minimum atomic E-state index is -3.53. The lowest BCUT2D eigenvalue weighted by atomic mass is 10.3. The fourth-order valence-corrected chi connectivity index (χ4v) is 1.26. The third-order valence-electron chi connectivity index (χ3n) is 1.78. The maximum atomic E-state index is 12.6. The van der Waals surface area contributed by atoms with Crippen molar-refractivity contribution in [3.63, 3.8) is 0 Å². The first-order chi connectivity index (χ1) is 6.61. The summed E-state index contributed by atoms with van der Waals surface area (Å²) in [6.45, 7) is 2.63. The third-order valence-corrected chi connectivity index (χ3v) is 1.78. The van der Waals surface area contributed by atoms with Gasteiger partial charge in [-0.1, -0.05) is 0 Å². The van der Waals surface area contributed by atoms with Crippen molar-refractivity contribution < 1.29 is 18.3 Å². The van der Waals surface area contributed by atoms with Crippen LogP contribution in [-0.4, -0.2) is 12.8 Å². The molecular weight excluding hydrogens is 192 g/mol. The Morgan fingerprint density at radius 3 is 2.71 bits per heavy atom. The highest BCUT2D eigenvalue weighted by Crippen LogP contribution is 2.42. The number of hydrogen-bond acceptors (Lipinski definition) is 3. The number of benzene rings is 1. The number of fused-ring (bicyclic) bond motifs is 1. The number of anilines is 1. The molecule has 1 aromatic rings. The Balaban J connectivity index is 2.26. The molecule has 14 heavy (non-hydrogen) atoms. The molecule has 0 aromatic heterocycles. The van der Waals surface area contributed by atoms with Crippen molar-refractivity contribution in [2.24, 2.45) is 0 Å². The molecular formula is C9H9F2NO2. The van der Waals surface area contributed by atoms with Crippen LogP contribution in [0.25, 0.3) is 0 Å². The van der Waals surface area contributed by atoms with Crippen molar-refractivity contribution >= 4 is 5.69 Å². The van der Waals surface area contributed by atoms with E-state index in [4.69, 9.17) is 0 Å². The predicted molar refractivity (Wildman–Crippen MR) is 46.8 cm³/mol.